The van der Waals surface area contributed by atoms with Gasteiger partial charge in [-0.3, -0.25) is 14.4 Å². The van der Waals surface area contributed by atoms with E-state index in [0.717, 1.165) is 48.8 Å². The number of methoxy groups -OCH3 is 1. The highest BCUT2D eigenvalue weighted by molar-refractivity contribution is 5.80. The maximum absolute atomic E-state index is 13.0. The van der Waals surface area contributed by atoms with Gasteiger partial charge in [0.1, 0.15) is 0 Å². The lowest BCUT2D eigenvalue weighted by Gasteiger charge is -2.55. The summed E-state index contributed by atoms with van der Waals surface area (Å²) in [6.07, 6.45) is 6.67. The van der Waals surface area contributed by atoms with Crippen LogP contribution in [0.1, 0.15) is 122 Å². The van der Waals surface area contributed by atoms with Crippen molar-refractivity contribution in [3.05, 3.63) is 22.8 Å². The van der Waals surface area contributed by atoms with Crippen LogP contribution in [-0.4, -0.2) is 25.0 Å². The zero-order valence-electron chi connectivity index (χ0n) is 23.3. The highest BCUT2D eigenvalue weighted by Crippen LogP contribution is 2.62. The van der Waals surface area contributed by atoms with Crippen LogP contribution in [0.5, 0.6) is 11.5 Å². The lowest BCUT2D eigenvalue weighted by atomic mass is 9.48. The van der Waals surface area contributed by atoms with Crippen LogP contribution in [0.2, 0.25) is 0 Å². The first kappa shape index (κ1) is 28.2. The van der Waals surface area contributed by atoms with Crippen molar-refractivity contribution in [2.75, 3.05) is 7.11 Å². The van der Waals surface area contributed by atoms with Crippen molar-refractivity contribution < 1.29 is 28.6 Å². The molecule has 0 aromatic heterocycles. The van der Waals surface area contributed by atoms with Gasteiger partial charge in [-0.1, -0.05) is 54.0 Å². The van der Waals surface area contributed by atoms with Crippen LogP contribution in [0.3, 0.4) is 0 Å². The summed E-state index contributed by atoms with van der Waals surface area (Å²) >= 11 is 0. The number of hydrogen-bond donors (Lipinski definition) is 0. The molecule has 2 aliphatic rings. The molecule has 0 aliphatic heterocycles. The molecule has 2 atom stereocenters. The smallest absolute Gasteiger partial charge is 0.311 e. The molecule has 3 rings (SSSR count). The van der Waals surface area contributed by atoms with Crippen molar-refractivity contribution in [1.82, 2.24) is 0 Å². The zero-order chi connectivity index (χ0) is 26.7. The Morgan fingerprint density at radius 3 is 2.14 bits per heavy atom. The molecule has 0 unspecified atom stereocenters. The molecule has 6 heteroatoms. The fourth-order valence-corrected chi connectivity index (χ4v) is 6.68. The number of aryl methyl sites for hydroxylation is 1. The van der Waals surface area contributed by atoms with Gasteiger partial charge in [0.2, 0.25) is 0 Å². The first-order valence-electron chi connectivity index (χ1n) is 13.7. The maximum Gasteiger partial charge on any atom is 0.311 e. The van der Waals surface area contributed by atoms with E-state index in [9.17, 15) is 14.4 Å². The topological polar surface area (TPSA) is 78.9 Å². The monoisotopic (exact) mass is 500 g/mol. The summed E-state index contributed by atoms with van der Waals surface area (Å²) in [6.45, 7) is 12.5. The molecule has 0 saturated heterocycles. The Morgan fingerprint density at radius 1 is 0.972 bits per heavy atom. The van der Waals surface area contributed by atoms with Crippen LogP contribution >= 0.6 is 0 Å². The standard InChI is InChI=1S/C30H44O6/c1-8-11-23(31)35-27-21(19(3)4)17-20-13-14-22-29(5,6)15-10-16-30(22,18-25(33)34-7)26(20)28(27)36-24(32)12-9-2/h17,19,22H,8-16,18H2,1-7H3/t22-,30+/m0/s1. The fraction of sp³-hybridized carbons (Fsp3) is 0.700. The minimum atomic E-state index is -0.550. The first-order chi connectivity index (χ1) is 17.0. The van der Waals surface area contributed by atoms with Gasteiger partial charge >= 0.3 is 17.9 Å². The third-order valence-electron chi connectivity index (χ3n) is 8.25. The minimum Gasteiger partial charge on any atom is -0.469 e. The van der Waals surface area contributed by atoms with Crippen LogP contribution in [-0.2, 0) is 31.0 Å². The molecule has 1 fully saturated rings. The minimum absolute atomic E-state index is 0.00439. The third-order valence-corrected chi connectivity index (χ3v) is 8.25. The van der Waals surface area contributed by atoms with Crippen LogP contribution < -0.4 is 9.47 Å². The third kappa shape index (κ3) is 5.47. The van der Waals surface area contributed by atoms with E-state index in [-0.39, 0.29) is 54.4 Å². The average Bonchev–Trinajstić information content (AvgIpc) is 2.79. The molecule has 1 aromatic carbocycles. The number of fused-ring (bicyclic) bond motifs is 3. The predicted molar refractivity (Wildman–Crippen MR) is 139 cm³/mol. The number of carbonyl (C=O) groups is 3. The van der Waals surface area contributed by atoms with Crippen molar-refractivity contribution in [2.45, 2.75) is 117 Å². The normalized spacial score (nSPS) is 22.4. The Morgan fingerprint density at radius 2 is 1.58 bits per heavy atom. The van der Waals surface area contributed by atoms with Crippen molar-refractivity contribution in [2.24, 2.45) is 11.3 Å². The number of carbonyl (C=O) groups excluding carboxylic acids is 3. The summed E-state index contributed by atoms with van der Waals surface area (Å²) in [5.41, 5.74) is 2.28. The van der Waals surface area contributed by atoms with Gasteiger partial charge in [0, 0.05) is 29.4 Å². The summed E-state index contributed by atoms with van der Waals surface area (Å²) in [6, 6.07) is 2.13. The second-order valence-corrected chi connectivity index (χ2v) is 11.6. The van der Waals surface area contributed by atoms with E-state index in [1.54, 1.807) is 0 Å². The van der Waals surface area contributed by atoms with Crippen molar-refractivity contribution >= 4 is 17.9 Å². The molecule has 0 heterocycles. The van der Waals surface area contributed by atoms with Gasteiger partial charge in [0.15, 0.2) is 11.5 Å². The Bertz CT molecular complexity index is 992. The number of ether oxygens (including phenoxy) is 3. The summed E-state index contributed by atoms with van der Waals surface area (Å²) in [5.74, 6) is 0.00183. The molecule has 1 aromatic rings. The zero-order valence-corrected chi connectivity index (χ0v) is 23.3. The highest BCUT2D eigenvalue weighted by Gasteiger charge is 2.55. The lowest BCUT2D eigenvalue weighted by molar-refractivity contribution is -0.144. The van der Waals surface area contributed by atoms with E-state index in [1.807, 2.05) is 13.8 Å². The largest absolute Gasteiger partial charge is 0.469 e. The molecule has 2 aliphatic carbocycles. The van der Waals surface area contributed by atoms with E-state index in [2.05, 4.69) is 33.8 Å². The van der Waals surface area contributed by atoms with E-state index in [0.29, 0.717) is 24.3 Å². The van der Waals surface area contributed by atoms with Crippen LogP contribution in [0, 0.1) is 11.3 Å². The molecule has 0 spiro atoms. The van der Waals surface area contributed by atoms with Gasteiger partial charge in [-0.25, -0.2) is 0 Å². The van der Waals surface area contributed by atoms with Gasteiger partial charge in [0.25, 0.3) is 0 Å². The molecule has 0 radical (unpaired) electrons. The SMILES string of the molecule is CCCC(=O)Oc1c(C(C)C)cc2c(c1OC(=O)CCC)[C@@]1(CC(=O)OC)CCCC(C)(C)[C@@H]1CC2. The number of benzene rings is 1. The fourth-order valence-electron chi connectivity index (χ4n) is 6.68. The second-order valence-electron chi connectivity index (χ2n) is 11.6. The molecule has 0 amide bonds. The van der Waals surface area contributed by atoms with Crippen LogP contribution in [0.15, 0.2) is 6.07 Å². The average molecular weight is 501 g/mol. The lowest BCUT2D eigenvalue weighted by Crippen LogP contribution is -2.51. The molecule has 0 bridgehead atoms. The van der Waals surface area contributed by atoms with Gasteiger partial charge in [-0.05, 0) is 61.3 Å². The summed E-state index contributed by atoms with van der Waals surface area (Å²) in [5, 5.41) is 0. The molecule has 6 nitrogen and oxygen atoms in total. The number of esters is 3. The predicted octanol–water partition coefficient (Wildman–Crippen LogP) is 6.79. The Hall–Kier alpha value is -2.37. The highest BCUT2D eigenvalue weighted by atomic mass is 16.6. The summed E-state index contributed by atoms with van der Waals surface area (Å²) < 4.78 is 17.3. The Kier molecular flexibility index (Phi) is 8.89. The maximum atomic E-state index is 13.0. The number of hydrogen-bond acceptors (Lipinski definition) is 6. The summed E-state index contributed by atoms with van der Waals surface area (Å²) in [7, 11) is 1.42. The van der Waals surface area contributed by atoms with Gasteiger partial charge in [0.05, 0.1) is 13.5 Å². The second kappa shape index (κ2) is 11.4. The van der Waals surface area contributed by atoms with E-state index in [4.69, 9.17) is 14.2 Å². The van der Waals surface area contributed by atoms with Crippen molar-refractivity contribution in [1.29, 1.82) is 0 Å². The van der Waals surface area contributed by atoms with Gasteiger partial charge in [-0.15, -0.1) is 0 Å². The molecule has 200 valence electrons. The van der Waals surface area contributed by atoms with Gasteiger partial charge < -0.3 is 14.2 Å². The van der Waals surface area contributed by atoms with Crippen LogP contribution in [0.25, 0.3) is 0 Å². The molecular weight excluding hydrogens is 456 g/mol. The molecule has 0 N–H and O–H groups in total. The quantitative estimate of drug-likeness (QED) is 0.274. The van der Waals surface area contributed by atoms with E-state index >= 15 is 0 Å². The Balaban J connectivity index is 2.36. The molecule has 1 saturated carbocycles. The molecule has 36 heavy (non-hydrogen) atoms. The first-order valence-corrected chi connectivity index (χ1v) is 13.7. The molecular formula is C30H44O6. The van der Waals surface area contributed by atoms with E-state index in [1.165, 1.54) is 7.11 Å². The van der Waals surface area contributed by atoms with Crippen molar-refractivity contribution in [3.63, 3.8) is 0 Å². The summed E-state index contributed by atoms with van der Waals surface area (Å²) in [4.78, 5) is 38.6. The van der Waals surface area contributed by atoms with Gasteiger partial charge in [-0.2, -0.15) is 0 Å². The Labute approximate surface area is 216 Å². The van der Waals surface area contributed by atoms with Crippen LogP contribution in [0.4, 0.5) is 0 Å². The van der Waals surface area contributed by atoms with Crippen molar-refractivity contribution in [3.8, 4) is 11.5 Å². The number of rotatable bonds is 9. The van der Waals surface area contributed by atoms with E-state index < -0.39 is 5.41 Å².